The van der Waals surface area contributed by atoms with Gasteiger partial charge < -0.3 is 14.7 Å². The topological polar surface area (TPSA) is 49.8 Å². The van der Waals surface area contributed by atoms with E-state index in [1.165, 1.54) is 24.3 Å². The molecule has 3 aromatic rings. The summed E-state index contributed by atoms with van der Waals surface area (Å²) in [5.41, 5.74) is 2.84. The molecule has 1 fully saturated rings. The Morgan fingerprint density at radius 1 is 0.875 bits per heavy atom. The van der Waals surface area contributed by atoms with Crippen molar-refractivity contribution in [2.45, 2.75) is 24.9 Å². The van der Waals surface area contributed by atoms with Gasteiger partial charge in [-0.1, -0.05) is 48.5 Å². The highest BCUT2D eigenvalue weighted by molar-refractivity contribution is 5.71. The normalized spacial score (nSPS) is 18.1. The largest absolute Gasteiger partial charge is 0.436 e. The highest BCUT2D eigenvalue weighted by atomic mass is 19.1. The van der Waals surface area contributed by atoms with E-state index in [-0.39, 0.29) is 18.2 Å². The molecule has 0 radical (unpaired) electrons. The van der Waals surface area contributed by atoms with Crippen LogP contribution in [0.2, 0.25) is 0 Å². The second kappa shape index (κ2) is 9.49. The standard InChI is InChI=1S/C26H25F2NO3/c27-23-10-6-21(7-11-23)20-4-2-19(3-5-20)14-16-29-18-26(15-1-17-30,32-25(29)31)22-8-12-24(28)13-9-22/h2-13,30H,1,14-18H2/t26-/m1/s1. The van der Waals surface area contributed by atoms with Crippen LogP contribution in [0.4, 0.5) is 13.6 Å². The predicted molar refractivity (Wildman–Crippen MR) is 118 cm³/mol. The third-order valence-electron chi connectivity index (χ3n) is 5.90. The number of cyclic esters (lactones) is 1. The Kier molecular flexibility index (Phi) is 6.51. The van der Waals surface area contributed by atoms with Crippen LogP contribution in [0.3, 0.4) is 0 Å². The van der Waals surface area contributed by atoms with Gasteiger partial charge in [-0.05, 0) is 65.8 Å². The van der Waals surface area contributed by atoms with Crippen LogP contribution in [-0.4, -0.2) is 35.8 Å². The van der Waals surface area contributed by atoms with Crippen molar-refractivity contribution >= 4 is 6.09 Å². The first-order valence-corrected chi connectivity index (χ1v) is 10.7. The summed E-state index contributed by atoms with van der Waals surface area (Å²) in [4.78, 5) is 14.3. The van der Waals surface area contributed by atoms with Gasteiger partial charge in [-0.25, -0.2) is 13.6 Å². The molecule has 0 spiro atoms. The van der Waals surface area contributed by atoms with Crippen molar-refractivity contribution in [1.82, 2.24) is 4.90 Å². The van der Waals surface area contributed by atoms with Crippen molar-refractivity contribution in [3.05, 3.63) is 95.6 Å². The van der Waals surface area contributed by atoms with Crippen LogP contribution in [0.1, 0.15) is 24.0 Å². The van der Waals surface area contributed by atoms with Crippen molar-refractivity contribution in [3.63, 3.8) is 0 Å². The molecule has 4 nitrogen and oxygen atoms in total. The average Bonchev–Trinajstić information content (AvgIpc) is 3.14. The molecule has 1 atom stereocenters. The summed E-state index contributed by atoms with van der Waals surface area (Å²) >= 11 is 0. The molecule has 3 aromatic carbocycles. The van der Waals surface area contributed by atoms with Crippen LogP contribution < -0.4 is 0 Å². The van der Waals surface area contributed by atoms with Gasteiger partial charge in [-0.2, -0.15) is 0 Å². The van der Waals surface area contributed by atoms with E-state index in [1.807, 2.05) is 24.3 Å². The Bertz CT molecular complexity index is 1050. The molecular weight excluding hydrogens is 412 g/mol. The Balaban J connectivity index is 1.43. The second-order valence-corrected chi connectivity index (χ2v) is 8.07. The number of carbonyl (C=O) groups excluding carboxylic acids is 1. The van der Waals surface area contributed by atoms with Gasteiger partial charge in [0.15, 0.2) is 5.60 Å². The zero-order chi connectivity index (χ0) is 22.6. The number of hydrogen-bond donors (Lipinski definition) is 1. The minimum absolute atomic E-state index is 0.0130. The Labute approximate surface area is 186 Å². The first-order chi connectivity index (χ1) is 15.5. The number of aliphatic hydroxyl groups excluding tert-OH is 1. The van der Waals surface area contributed by atoms with Gasteiger partial charge in [0, 0.05) is 13.2 Å². The maximum atomic E-state index is 13.4. The van der Waals surface area contributed by atoms with Gasteiger partial charge in [-0.3, -0.25) is 0 Å². The monoisotopic (exact) mass is 437 g/mol. The van der Waals surface area contributed by atoms with Crippen molar-refractivity contribution in [2.24, 2.45) is 0 Å². The van der Waals surface area contributed by atoms with Gasteiger partial charge in [-0.15, -0.1) is 0 Å². The van der Waals surface area contributed by atoms with Crippen LogP contribution in [0.15, 0.2) is 72.8 Å². The van der Waals surface area contributed by atoms with Crippen molar-refractivity contribution in [2.75, 3.05) is 19.7 Å². The third-order valence-corrected chi connectivity index (χ3v) is 5.90. The molecule has 0 aromatic heterocycles. The van der Waals surface area contributed by atoms with E-state index in [0.29, 0.717) is 32.4 Å². The number of rotatable bonds is 8. The third kappa shape index (κ3) is 4.81. The number of benzene rings is 3. The molecule has 1 heterocycles. The zero-order valence-electron chi connectivity index (χ0n) is 17.6. The van der Waals surface area contributed by atoms with Gasteiger partial charge >= 0.3 is 6.09 Å². The molecule has 6 heteroatoms. The number of amides is 1. The second-order valence-electron chi connectivity index (χ2n) is 8.07. The smallest absolute Gasteiger partial charge is 0.410 e. The van der Waals surface area contributed by atoms with Crippen LogP contribution in [0, 0.1) is 11.6 Å². The average molecular weight is 437 g/mol. The number of ether oxygens (including phenoxy) is 1. The Morgan fingerprint density at radius 3 is 2.03 bits per heavy atom. The lowest BCUT2D eigenvalue weighted by atomic mass is 9.89. The molecule has 0 aliphatic carbocycles. The summed E-state index contributed by atoms with van der Waals surface area (Å²) in [6.07, 6.45) is 1.18. The maximum Gasteiger partial charge on any atom is 0.410 e. The number of nitrogens with zero attached hydrogens (tertiary/aromatic N) is 1. The lowest BCUT2D eigenvalue weighted by Gasteiger charge is -2.27. The van der Waals surface area contributed by atoms with E-state index < -0.39 is 11.7 Å². The maximum absolute atomic E-state index is 13.4. The minimum Gasteiger partial charge on any atom is -0.436 e. The van der Waals surface area contributed by atoms with Crippen LogP contribution in [0.25, 0.3) is 11.1 Å². The van der Waals surface area contributed by atoms with Crippen LogP contribution in [-0.2, 0) is 16.8 Å². The van der Waals surface area contributed by atoms with Crippen LogP contribution >= 0.6 is 0 Å². The first-order valence-electron chi connectivity index (χ1n) is 10.7. The SMILES string of the molecule is O=C1O[C@@](CCCO)(c2ccc(F)cc2)CN1CCc1ccc(-c2ccc(F)cc2)cc1. The van der Waals surface area contributed by atoms with E-state index in [0.717, 1.165) is 22.3 Å². The highest BCUT2D eigenvalue weighted by Crippen LogP contribution is 2.37. The van der Waals surface area contributed by atoms with Crippen molar-refractivity contribution in [1.29, 1.82) is 0 Å². The van der Waals surface area contributed by atoms with E-state index in [9.17, 15) is 18.7 Å². The predicted octanol–water partition coefficient (Wildman–Crippen LogP) is 5.29. The Morgan fingerprint density at radius 2 is 1.44 bits per heavy atom. The van der Waals surface area contributed by atoms with E-state index >= 15 is 0 Å². The number of aliphatic hydroxyl groups is 1. The first kappa shape index (κ1) is 22.0. The number of hydrogen-bond acceptors (Lipinski definition) is 3. The molecule has 1 aliphatic rings. The molecule has 1 saturated heterocycles. The molecule has 32 heavy (non-hydrogen) atoms. The van der Waals surface area contributed by atoms with E-state index in [4.69, 9.17) is 4.74 Å². The molecule has 1 amide bonds. The zero-order valence-corrected chi connectivity index (χ0v) is 17.6. The fraction of sp³-hybridized carbons (Fsp3) is 0.269. The minimum atomic E-state index is -0.889. The summed E-state index contributed by atoms with van der Waals surface area (Å²) in [7, 11) is 0. The number of halogens is 2. The molecule has 1 N–H and O–H groups in total. The molecule has 0 bridgehead atoms. The highest BCUT2D eigenvalue weighted by Gasteiger charge is 2.45. The molecule has 4 rings (SSSR count). The van der Waals surface area contributed by atoms with Gasteiger partial charge in [0.1, 0.15) is 11.6 Å². The van der Waals surface area contributed by atoms with Gasteiger partial charge in [0.2, 0.25) is 0 Å². The summed E-state index contributed by atoms with van der Waals surface area (Å²) in [5.74, 6) is -0.616. The molecular formula is C26H25F2NO3. The van der Waals surface area contributed by atoms with Gasteiger partial charge in [0.25, 0.3) is 0 Å². The summed E-state index contributed by atoms with van der Waals surface area (Å²) < 4.78 is 32.3. The molecule has 0 unspecified atom stereocenters. The lowest BCUT2D eigenvalue weighted by Crippen LogP contribution is -2.33. The Hall–Kier alpha value is -3.25. The van der Waals surface area contributed by atoms with Crippen molar-refractivity contribution in [3.8, 4) is 11.1 Å². The van der Waals surface area contributed by atoms with Crippen LogP contribution in [0.5, 0.6) is 0 Å². The summed E-state index contributed by atoms with van der Waals surface area (Å²) in [5, 5.41) is 9.30. The number of carbonyl (C=O) groups is 1. The summed E-state index contributed by atoms with van der Waals surface area (Å²) in [6.45, 7) is 0.822. The summed E-state index contributed by atoms with van der Waals surface area (Å²) in [6, 6.07) is 20.3. The fourth-order valence-corrected chi connectivity index (χ4v) is 4.12. The van der Waals surface area contributed by atoms with E-state index in [2.05, 4.69) is 0 Å². The van der Waals surface area contributed by atoms with E-state index in [1.54, 1.807) is 29.2 Å². The fourth-order valence-electron chi connectivity index (χ4n) is 4.12. The molecule has 166 valence electrons. The lowest BCUT2D eigenvalue weighted by molar-refractivity contribution is 0.0409. The molecule has 0 saturated carbocycles. The molecule has 1 aliphatic heterocycles. The van der Waals surface area contributed by atoms with Crippen molar-refractivity contribution < 1.29 is 23.4 Å². The van der Waals surface area contributed by atoms with Gasteiger partial charge in [0.05, 0.1) is 6.54 Å². The quantitative estimate of drug-likeness (QED) is 0.521.